The number of rotatable bonds is 1. The zero-order chi connectivity index (χ0) is 15.1. The second kappa shape index (κ2) is 5.20. The lowest BCUT2D eigenvalue weighted by atomic mass is 9.93. The molecule has 1 aliphatic carbocycles. The van der Waals surface area contributed by atoms with Gasteiger partial charge in [-0.3, -0.25) is 4.90 Å². The van der Waals surface area contributed by atoms with Crippen molar-refractivity contribution >= 4 is 11.7 Å². The van der Waals surface area contributed by atoms with Gasteiger partial charge in [0.15, 0.2) is 0 Å². The zero-order valence-corrected chi connectivity index (χ0v) is 12.7. The molecule has 0 saturated heterocycles. The first-order chi connectivity index (χ1) is 10.7. The molecule has 22 heavy (non-hydrogen) atoms. The molecule has 0 spiro atoms. The van der Waals surface area contributed by atoms with Crippen molar-refractivity contribution in [1.82, 2.24) is 5.32 Å². The first kappa shape index (κ1) is 13.4. The van der Waals surface area contributed by atoms with Crippen LogP contribution in [0.25, 0.3) is 0 Å². The maximum atomic E-state index is 12.7. The molecule has 0 fully saturated rings. The third-order valence-electron chi connectivity index (χ3n) is 4.81. The molecular weight excluding hydrogens is 276 g/mol. The van der Waals surface area contributed by atoms with E-state index < -0.39 is 0 Å². The van der Waals surface area contributed by atoms with Gasteiger partial charge in [-0.2, -0.15) is 0 Å². The fourth-order valence-corrected chi connectivity index (χ4v) is 3.68. The minimum atomic E-state index is -0.00384. The SMILES string of the molecule is CC1CN(C(=O)NC2CCCc3occc32)c2ccccc21. The van der Waals surface area contributed by atoms with Crippen LogP contribution in [0.4, 0.5) is 10.5 Å². The van der Waals surface area contributed by atoms with E-state index in [-0.39, 0.29) is 12.1 Å². The summed E-state index contributed by atoms with van der Waals surface area (Å²) in [7, 11) is 0. The van der Waals surface area contributed by atoms with Gasteiger partial charge in [-0.05, 0) is 30.5 Å². The Kier molecular flexibility index (Phi) is 3.17. The number of carbonyl (C=O) groups excluding carboxylic acids is 1. The van der Waals surface area contributed by atoms with E-state index in [1.54, 1.807) is 6.26 Å². The van der Waals surface area contributed by atoms with E-state index in [1.165, 1.54) is 5.56 Å². The summed E-state index contributed by atoms with van der Waals surface area (Å²) in [6, 6.07) is 10.2. The van der Waals surface area contributed by atoms with Gasteiger partial charge < -0.3 is 9.73 Å². The van der Waals surface area contributed by atoms with Gasteiger partial charge >= 0.3 is 6.03 Å². The molecular formula is C18H20N2O2. The molecule has 2 aliphatic rings. The number of amides is 2. The van der Waals surface area contributed by atoms with E-state index >= 15 is 0 Å². The van der Waals surface area contributed by atoms with Crippen LogP contribution in [0.15, 0.2) is 41.0 Å². The summed E-state index contributed by atoms with van der Waals surface area (Å²) >= 11 is 0. The molecule has 0 saturated carbocycles. The number of aryl methyl sites for hydroxylation is 1. The number of nitrogens with one attached hydrogen (secondary N) is 1. The second-order valence-corrected chi connectivity index (χ2v) is 6.26. The van der Waals surface area contributed by atoms with Gasteiger partial charge in [-0.1, -0.05) is 25.1 Å². The van der Waals surface area contributed by atoms with Crippen molar-refractivity contribution in [2.45, 2.75) is 38.1 Å². The topological polar surface area (TPSA) is 45.5 Å². The van der Waals surface area contributed by atoms with Crippen LogP contribution in [0.2, 0.25) is 0 Å². The van der Waals surface area contributed by atoms with Gasteiger partial charge in [0.25, 0.3) is 0 Å². The molecule has 2 aromatic rings. The normalized spacial score (nSPS) is 23.0. The maximum absolute atomic E-state index is 12.7. The largest absolute Gasteiger partial charge is 0.469 e. The molecule has 0 radical (unpaired) electrons. The summed E-state index contributed by atoms with van der Waals surface area (Å²) in [6.45, 7) is 2.91. The molecule has 2 atom stereocenters. The third-order valence-corrected chi connectivity index (χ3v) is 4.81. The zero-order valence-electron chi connectivity index (χ0n) is 12.7. The van der Waals surface area contributed by atoms with Gasteiger partial charge in [0.05, 0.1) is 12.3 Å². The van der Waals surface area contributed by atoms with Crippen molar-refractivity contribution in [2.24, 2.45) is 0 Å². The lowest BCUT2D eigenvalue weighted by molar-refractivity contribution is 0.241. The summed E-state index contributed by atoms with van der Waals surface area (Å²) in [6.07, 6.45) is 4.72. The average Bonchev–Trinajstić information content (AvgIpc) is 3.13. The highest BCUT2D eigenvalue weighted by atomic mass is 16.3. The Hall–Kier alpha value is -2.23. The fourth-order valence-electron chi connectivity index (χ4n) is 3.68. The van der Waals surface area contributed by atoms with E-state index in [2.05, 4.69) is 18.3 Å². The molecule has 4 nitrogen and oxygen atoms in total. The molecule has 1 aliphatic heterocycles. The highest BCUT2D eigenvalue weighted by molar-refractivity contribution is 5.94. The van der Waals surface area contributed by atoms with E-state index in [9.17, 15) is 4.79 Å². The summed E-state index contributed by atoms with van der Waals surface area (Å²) in [5.74, 6) is 1.41. The van der Waals surface area contributed by atoms with Crippen LogP contribution in [-0.2, 0) is 6.42 Å². The van der Waals surface area contributed by atoms with Gasteiger partial charge in [0.1, 0.15) is 5.76 Å². The average molecular weight is 296 g/mol. The van der Waals surface area contributed by atoms with Crippen molar-refractivity contribution in [3.05, 3.63) is 53.5 Å². The van der Waals surface area contributed by atoms with E-state index in [1.807, 2.05) is 29.2 Å². The monoisotopic (exact) mass is 296 g/mol. The minimum Gasteiger partial charge on any atom is -0.469 e. The minimum absolute atomic E-state index is 0.00384. The number of para-hydroxylation sites is 1. The number of urea groups is 1. The van der Waals surface area contributed by atoms with Gasteiger partial charge in [-0.15, -0.1) is 0 Å². The Morgan fingerprint density at radius 3 is 3.05 bits per heavy atom. The van der Waals surface area contributed by atoms with Crippen LogP contribution < -0.4 is 10.2 Å². The smallest absolute Gasteiger partial charge is 0.322 e. The van der Waals surface area contributed by atoms with Crippen molar-refractivity contribution in [1.29, 1.82) is 0 Å². The third kappa shape index (κ3) is 2.10. The quantitative estimate of drug-likeness (QED) is 0.865. The summed E-state index contributed by atoms with van der Waals surface area (Å²) < 4.78 is 5.50. The highest BCUT2D eigenvalue weighted by Gasteiger charge is 2.32. The second-order valence-electron chi connectivity index (χ2n) is 6.26. The predicted octanol–water partition coefficient (Wildman–Crippen LogP) is 3.99. The number of hydrogen-bond acceptors (Lipinski definition) is 2. The Morgan fingerprint density at radius 1 is 1.27 bits per heavy atom. The summed E-state index contributed by atoms with van der Waals surface area (Å²) in [5.41, 5.74) is 3.43. The van der Waals surface area contributed by atoms with Crippen molar-refractivity contribution < 1.29 is 9.21 Å². The fraction of sp³-hybridized carbons (Fsp3) is 0.389. The Morgan fingerprint density at radius 2 is 2.14 bits per heavy atom. The number of carbonyl (C=O) groups is 1. The number of fused-ring (bicyclic) bond motifs is 2. The van der Waals surface area contributed by atoms with Crippen LogP contribution in [0.1, 0.15) is 48.6 Å². The summed E-state index contributed by atoms with van der Waals surface area (Å²) in [5, 5.41) is 3.19. The van der Waals surface area contributed by atoms with Crippen molar-refractivity contribution in [3.8, 4) is 0 Å². The van der Waals surface area contributed by atoms with Crippen LogP contribution in [0.3, 0.4) is 0 Å². The van der Waals surface area contributed by atoms with E-state index in [0.29, 0.717) is 5.92 Å². The molecule has 114 valence electrons. The number of hydrogen-bond donors (Lipinski definition) is 1. The van der Waals surface area contributed by atoms with Crippen LogP contribution in [0, 0.1) is 0 Å². The highest BCUT2D eigenvalue weighted by Crippen LogP contribution is 2.36. The first-order valence-electron chi connectivity index (χ1n) is 7.97. The first-order valence-corrected chi connectivity index (χ1v) is 7.97. The van der Waals surface area contributed by atoms with E-state index in [4.69, 9.17) is 4.42 Å². The van der Waals surface area contributed by atoms with Crippen molar-refractivity contribution in [3.63, 3.8) is 0 Å². The standard InChI is InChI=1S/C18H20N2O2/c1-12-11-20(16-7-3-2-5-13(12)16)18(21)19-15-6-4-8-17-14(15)9-10-22-17/h2-3,5,7,9-10,12,15H,4,6,8,11H2,1H3,(H,19,21). The van der Waals surface area contributed by atoms with Gasteiger partial charge in [0.2, 0.25) is 0 Å². The molecule has 1 aromatic heterocycles. The van der Waals surface area contributed by atoms with Crippen LogP contribution in [-0.4, -0.2) is 12.6 Å². The van der Waals surface area contributed by atoms with Crippen LogP contribution in [0.5, 0.6) is 0 Å². The molecule has 2 heterocycles. The van der Waals surface area contributed by atoms with Gasteiger partial charge in [0, 0.05) is 30.1 Å². The number of furan rings is 1. The molecule has 0 bridgehead atoms. The lowest BCUT2D eigenvalue weighted by Crippen LogP contribution is -2.41. The Bertz CT molecular complexity index is 707. The van der Waals surface area contributed by atoms with Crippen molar-refractivity contribution in [2.75, 3.05) is 11.4 Å². The van der Waals surface area contributed by atoms with Crippen LogP contribution >= 0.6 is 0 Å². The molecule has 4 heteroatoms. The number of nitrogens with zero attached hydrogens (tertiary/aromatic N) is 1. The Labute approximate surface area is 130 Å². The molecule has 4 rings (SSSR count). The van der Waals surface area contributed by atoms with Gasteiger partial charge in [-0.25, -0.2) is 4.79 Å². The summed E-state index contributed by atoms with van der Waals surface area (Å²) in [4.78, 5) is 14.6. The maximum Gasteiger partial charge on any atom is 0.322 e. The predicted molar refractivity (Wildman–Crippen MR) is 85.1 cm³/mol. The molecule has 1 N–H and O–H groups in total. The van der Waals surface area contributed by atoms with E-state index in [0.717, 1.165) is 42.8 Å². The molecule has 2 amide bonds. The number of benzene rings is 1. The number of anilines is 1. The molecule has 2 unspecified atom stereocenters. The Balaban J connectivity index is 1.55. The lowest BCUT2D eigenvalue weighted by Gasteiger charge is -2.26. The molecule has 1 aromatic carbocycles.